The van der Waals surface area contributed by atoms with Gasteiger partial charge in [-0.25, -0.2) is 4.79 Å². The van der Waals surface area contributed by atoms with Crippen molar-refractivity contribution in [2.75, 3.05) is 11.4 Å². The van der Waals surface area contributed by atoms with Crippen LogP contribution in [0, 0.1) is 5.41 Å². The van der Waals surface area contributed by atoms with Crippen LogP contribution < -0.4 is 10.6 Å². The Balaban J connectivity index is 1.62. The number of nitrogens with two attached hydrogens (primary N) is 1. The van der Waals surface area contributed by atoms with Crippen LogP contribution >= 0.6 is 11.6 Å². The molecule has 2 fully saturated rings. The van der Waals surface area contributed by atoms with Crippen LogP contribution in [0.4, 0.5) is 19.2 Å². The van der Waals surface area contributed by atoms with Crippen LogP contribution in [0.15, 0.2) is 22.6 Å². The van der Waals surface area contributed by atoms with E-state index in [1.165, 1.54) is 4.90 Å². The number of nitrogens with zero attached hydrogens (tertiary/aromatic N) is 2. The number of anilines is 1. The number of esters is 1. The fraction of sp³-hybridized carbons (Fsp3) is 0.467. The Morgan fingerprint density at radius 2 is 2.16 bits per heavy atom. The number of oxazole rings is 1. The molecule has 2 N–H and O–H groups in total. The molecular weight excluding hydrogens is 363 g/mol. The Kier molecular flexibility index (Phi) is 3.46. The summed E-state index contributed by atoms with van der Waals surface area (Å²) in [4.78, 5) is 16.9. The van der Waals surface area contributed by atoms with Gasteiger partial charge in [-0.2, -0.15) is 18.2 Å². The van der Waals surface area contributed by atoms with E-state index in [1.807, 2.05) is 0 Å². The predicted octanol–water partition coefficient (Wildman–Crippen LogP) is 2.84. The number of fused-ring (bicyclic) bond motifs is 1. The van der Waals surface area contributed by atoms with Crippen LogP contribution in [0.3, 0.4) is 0 Å². The number of carbonyl (C=O) groups is 1. The van der Waals surface area contributed by atoms with Gasteiger partial charge in [0.05, 0.1) is 0 Å². The van der Waals surface area contributed by atoms with Crippen molar-refractivity contribution >= 4 is 34.7 Å². The number of hydrogen-bond acceptors (Lipinski definition) is 6. The Morgan fingerprint density at radius 1 is 1.44 bits per heavy atom. The molecule has 1 unspecified atom stereocenters. The van der Waals surface area contributed by atoms with E-state index in [9.17, 15) is 18.0 Å². The molecule has 0 amide bonds. The topological polar surface area (TPSA) is 81.6 Å². The third-order valence-electron chi connectivity index (χ3n) is 4.66. The summed E-state index contributed by atoms with van der Waals surface area (Å²) in [5.74, 6) is -2.23. The second-order valence-electron chi connectivity index (χ2n) is 6.52. The fourth-order valence-electron chi connectivity index (χ4n) is 3.57. The molecule has 0 bridgehead atoms. The zero-order chi connectivity index (χ0) is 18.0. The van der Waals surface area contributed by atoms with Gasteiger partial charge in [-0.1, -0.05) is 11.6 Å². The lowest BCUT2D eigenvalue weighted by Crippen LogP contribution is -2.73. The van der Waals surface area contributed by atoms with Crippen molar-refractivity contribution in [3.63, 3.8) is 0 Å². The van der Waals surface area contributed by atoms with Crippen LogP contribution in [0.5, 0.6) is 0 Å². The molecule has 10 heteroatoms. The highest BCUT2D eigenvalue weighted by Gasteiger charge is 2.63. The summed E-state index contributed by atoms with van der Waals surface area (Å²) in [7, 11) is 0. The number of halogens is 4. The van der Waals surface area contributed by atoms with E-state index in [4.69, 9.17) is 26.5 Å². The molecule has 2 aromatic rings. The SMILES string of the molecule is NC1CC2(C1)CN(c1nc3ccc(Cl)cc3o1)C2OC(=O)C(F)(F)F. The molecular formula is C15H13ClF3N3O3. The maximum absolute atomic E-state index is 12.6. The Bertz CT molecular complexity index is 847. The first-order chi connectivity index (χ1) is 11.7. The van der Waals surface area contributed by atoms with E-state index in [0.29, 0.717) is 35.5 Å². The fourth-order valence-corrected chi connectivity index (χ4v) is 3.73. The van der Waals surface area contributed by atoms with Gasteiger partial charge in [0.25, 0.3) is 0 Å². The predicted molar refractivity (Wildman–Crippen MR) is 81.9 cm³/mol. The third-order valence-corrected chi connectivity index (χ3v) is 4.90. The molecule has 25 heavy (non-hydrogen) atoms. The molecule has 2 heterocycles. The average Bonchev–Trinajstić information content (AvgIpc) is 2.88. The van der Waals surface area contributed by atoms with Crippen LogP contribution in [-0.2, 0) is 9.53 Å². The maximum atomic E-state index is 12.6. The van der Waals surface area contributed by atoms with Crippen molar-refractivity contribution < 1.29 is 27.1 Å². The van der Waals surface area contributed by atoms with E-state index in [-0.39, 0.29) is 12.1 Å². The minimum absolute atomic E-state index is 0.0864. The first kappa shape index (κ1) is 16.5. The minimum Gasteiger partial charge on any atom is -0.434 e. The van der Waals surface area contributed by atoms with Crippen molar-refractivity contribution in [2.45, 2.75) is 31.3 Å². The number of benzene rings is 1. The second kappa shape index (κ2) is 5.25. The molecule has 1 aliphatic heterocycles. The van der Waals surface area contributed by atoms with Crippen LogP contribution in [0.1, 0.15) is 12.8 Å². The summed E-state index contributed by atoms with van der Waals surface area (Å²) in [6, 6.07) is 4.79. The molecule has 1 aliphatic carbocycles. The van der Waals surface area contributed by atoms with E-state index >= 15 is 0 Å². The van der Waals surface area contributed by atoms with Crippen molar-refractivity contribution in [3.8, 4) is 0 Å². The zero-order valence-corrected chi connectivity index (χ0v) is 13.5. The van der Waals surface area contributed by atoms with Crippen molar-refractivity contribution in [3.05, 3.63) is 23.2 Å². The van der Waals surface area contributed by atoms with Crippen LogP contribution in [0.2, 0.25) is 5.02 Å². The number of hydrogen-bond donors (Lipinski definition) is 1. The van der Waals surface area contributed by atoms with Gasteiger partial charge in [0.2, 0.25) is 0 Å². The largest absolute Gasteiger partial charge is 0.491 e. The monoisotopic (exact) mass is 375 g/mol. The average molecular weight is 376 g/mol. The van der Waals surface area contributed by atoms with Gasteiger partial charge < -0.3 is 14.9 Å². The molecule has 1 aromatic carbocycles. The Morgan fingerprint density at radius 3 is 2.80 bits per heavy atom. The lowest BCUT2D eigenvalue weighted by Gasteiger charge is -2.61. The lowest BCUT2D eigenvalue weighted by atomic mass is 9.59. The highest BCUT2D eigenvalue weighted by Crippen LogP contribution is 2.54. The lowest BCUT2D eigenvalue weighted by molar-refractivity contribution is -0.223. The number of ether oxygens (including phenoxy) is 1. The third kappa shape index (κ3) is 2.62. The summed E-state index contributed by atoms with van der Waals surface area (Å²) in [6.07, 6.45) is -5.22. The summed E-state index contributed by atoms with van der Waals surface area (Å²) in [5.41, 5.74) is 6.09. The molecule has 1 aromatic heterocycles. The molecule has 1 saturated heterocycles. The van der Waals surface area contributed by atoms with Gasteiger partial charge in [-0.05, 0) is 25.0 Å². The minimum atomic E-state index is -5.07. The number of carbonyl (C=O) groups excluding carboxylic acids is 1. The van der Waals surface area contributed by atoms with Gasteiger partial charge in [0.15, 0.2) is 11.8 Å². The van der Waals surface area contributed by atoms with Gasteiger partial charge in [0.1, 0.15) is 5.52 Å². The quantitative estimate of drug-likeness (QED) is 0.813. The first-order valence-corrected chi connectivity index (χ1v) is 7.92. The second-order valence-corrected chi connectivity index (χ2v) is 6.96. The number of aromatic nitrogens is 1. The highest BCUT2D eigenvalue weighted by atomic mass is 35.5. The number of alkyl halides is 3. The van der Waals surface area contributed by atoms with Crippen LogP contribution in [-0.4, -0.2) is 35.9 Å². The Labute approximate surface area is 144 Å². The van der Waals surface area contributed by atoms with Gasteiger partial charge in [-0.15, -0.1) is 0 Å². The van der Waals surface area contributed by atoms with Gasteiger partial charge >= 0.3 is 18.2 Å². The first-order valence-electron chi connectivity index (χ1n) is 7.54. The summed E-state index contributed by atoms with van der Waals surface area (Å²) < 4.78 is 48.1. The van der Waals surface area contributed by atoms with Crippen molar-refractivity contribution in [1.82, 2.24) is 4.98 Å². The smallest absolute Gasteiger partial charge is 0.434 e. The molecule has 1 saturated carbocycles. The molecule has 134 valence electrons. The molecule has 2 aliphatic rings. The van der Waals surface area contributed by atoms with E-state index in [1.54, 1.807) is 18.2 Å². The Hall–Kier alpha value is -2.00. The van der Waals surface area contributed by atoms with E-state index in [2.05, 4.69) is 4.98 Å². The summed E-state index contributed by atoms with van der Waals surface area (Å²) in [5, 5.41) is 0.445. The summed E-state index contributed by atoms with van der Waals surface area (Å²) >= 11 is 5.89. The molecule has 1 atom stereocenters. The van der Waals surface area contributed by atoms with Crippen molar-refractivity contribution in [2.24, 2.45) is 11.1 Å². The van der Waals surface area contributed by atoms with Gasteiger partial charge in [-0.3, -0.25) is 4.90 Å². The van der Waals surface area contributed by atoms with E-state index in [0.717, 1.165) is 0 Å². The summed E-state index contributed by atoms with van der Waals surface area (Å²) in [6.45, 7) is 0.358. The number of rotatable bonds is 2. The highest BCUT2D eigenvalue weighted by molar-refractivity contribution is 6.31. The normalized spacial score (nSPS) is 28.8. The molecule has 4 rings (SSSR count). The molecule has 6 nitrogen and oxygen atoms in total. The zero-order valence-electron chi connectivity index (χ0n) is 12.7. The molecule has 0 radical (unpaired) electrons. The standard InChI is InChI=1S/C15H13ClF3N3O3/c16-7-1-2-9-10(3-7)24-13(21-9)22-6-14(4-8(20)5-14)11(22)25-12(23)15(17,18)19/h1-3,8,11H,4-6,20H2. The molecule has 1 spiro atoms. The van der Waals surface area contributed by atoms with Crippen molar-refractivity contribution in [1.29, 1.82) is 0 Å². The van der Waals surface area contributed by atoms with E-state index < -0.39 is 23.8 Å². The maximum Gasteiger partial charge on any atom is 0.491 e. The van der Waals surface area contributed by atoms with Gasteiger partial charge in [0, 0.05) is 29.1 Å². The van der Waals surface area contributed by atoms with Crippen LogP contribution in [0.25, 0.3) is 11.1 Å².